The summed E-state index contributed by atoms with van der Waals surface area (Å²) in [6.45, 7) is 5.43. The second-order valence-electron chi connectivity index (χ2n) is 5.87. The first kappa shape index (κ1) is 15.5. The first-order chi connectivity index (χ1) is 11.3. The molecule has 0 unspecified atom stereocenters. The quantitative estimate of drug-likeness (QED) is 0.595. The maximum absolute atomic E-state index is 2.47. The molecule has 0 atom stereocenters. The molecule has 0 aliphatic rings. The average molecular weight is 302 g/mol. The number of aromatic nitrogens is 1. The SMILES string of the molecule is CCc1cc(-c2ccccc2)cc(CC)[n+]1Cc1ccccc1. The Hall–Kier alpha value is -2.41. The van der Waals surface area contributed by atoms with Crippen molar-refractivity contribution >= 4 is 0 Å². The van der Waals surface area contributed by atoms with Crippen molar-refractivity contribution in [3.63, 3.8) is 0 Å². The van der Waals surface area contributed by atoms with E-state index in [2.05, 4.69) is 91.2 Å². The van der Waals surface area contributed by atoms with E-state index in [-0.39, 0.29) is 0 Å². The molecule has 0 N–H and O–H groups in total. The number of aryl methyl sites for hydroxylation is 2. The van der Waals surface area contributed by atoms with Crippen LogP contribution in [-0.2, 0) is 19.4 Å². The Morgan fingerprint density at radius 2 is 1.17 bits per heavy atom. The van der Waals surface area contributed by atoms with Gasteiger partial charge in [0.15, 0.2) is 17.9 Å². The molecule has 3 aromatic rings. The summed E-state index contributed by atoms with van der Waals surface area (Å²) in [4.78, 5) is 0. The molecule has 0 aliphatic heterocycles. The fraction of sp³-hybridized carbons (Fsp3) is 0.227. The lowest BCUT2D eigenvalue weighted by Crippen LogP contribution is -2.43. The van der Waals surface area contributed by atoms with Gasteiger partial charge in [0, 0.05) is 30.5 Å². The molecular formula is C22H24N+. The van der Waals surface area contributed by atoms with E-state index in [1.807, 2.05) is 0 Å². The topological polar surface area (TPSA) is 3.88 Å². The lowest BCUT2D eigenvalue weighted by Gasteiger charge is -2.11. The molecule has 116 valence electrons. The van der Waals surface area contributed by atoms with E-state index < -0.39 is 0 Å². The Labute approximate surface area is 139 Å². The summed E-state index contributed by atoms with van der Waals surface area (Å²) in [7, 11) is 0. The first-order valence-electron chi connectivity index (χ1n) is 8.46. The van der Waals surface area contributed by atoms with Gasteiger partial charge < -0.3 is 0 Å². The standard InChI is InChI=1S/C22H24N/c1-3-21-15-20(19-13-9-6-10-14-19)16-22(4-2)23(21)17-18-11-7-5-8-12-18/h5-16H,3-4,17H2,1-2H3/q+1. The van der Waals surface area contributed by atoms with Gasteiger partial charge in [0.2, 0.25) is 0 Å². The van der Waals surface area contributed by atoms with Gasteiger partial charge in [0.1, 0.15) is 0 Å². The Balaban J connectivity index is 2.06. The molecule has 0 spiro atoms. The highest BCUT2D eigenvalue weighted by atomic mass is 15.0. The van der Waals surface area contributed by atoms with Crippen LogP contribution in [0.5, 0.6) is 0 Å². The van der Waals surface area contributed by atoms with Crippen LogP contribution in [0, 0.1) is 0 Å². The second-order valence-corrected chi connectivity index (χ2v) is 5.87. The number of benzene rings is 2. The van der Waals surface area contributed by atoms with Crippen LogP contribution < -0.4 is 4.57 Å². The minimum absolute atomic E-state index is 0.947. The molecule has 0 bridgehead atoms. The zero-order chi connectivity index (χ0) is 16.1. The molecule has 2 aromatic carbocycles. The summed E-state index contributed by atoms with van der Waals surface area (Å²) < 4.78 is 2.47. The molecule has 0 fully saturated rings. The predicted octanol–water partition coefficient (Wildman–Crippen LogP) is 4.81. The molecule has 23 heavy (non-hydrogen) atoms. The van der Waals surface area contributed by atoms with Crippen molar-refractivity contribution in [2.75, 3.05) is 0 Å². The van der Waals surface area contributed by atoms with E-state index in [1.165, 1.54) is 28.1 Å². The van der Waals surface area contributed by atoms with Crippen LogP contribution in [0.4, 0.5) is 0 Å². The molecule has 0 saturated heterocycles. The van der Waals surface area contributed by atoms with Crippen LogP contribution in [0.3, 0.4) is 0 Å². The van der Waals surface area contributed by atoms with E-state index in [1.54, 1.807) is 0 Å². The van der Waals surface area contributed by atoms with Crippen molar-refractivity contribution in [2.45, 2.75) is 33.2 Å². The Kier molecular flexibility index (Phi) is 4.87. The van der Waals surface area contributed by atoms with Crippen LogP contribution >= 0.6 is 0 Å². The summed E-state index contributed by atoms with van der Waals surface area (Å²) in [5.41, 5.74) is 6.76. The molecule has 3 rings (SSSR count). The second kappa shape index (κ2) is 7.23. The zero-order valence-electron chi connectivity index (χ0n) is 14.0. The molecule has 1 nitrogen and oxygen atoms in total. The highest BCUT2D eigenvalue weighted by Crippen LogP contribution is 2.21. The first-order valence-corrected chi connectivity index (χ1v) is 8.46. The summed E-state index contributed by atoms with van der Waals surface area (Å²) in [5.74, 6) is 0. The number of pyridine rings is 1. The van der Waals surface area contributed by atoms with Crippen molar-refractivity contribution in [1.82, 2.24) is 0 Å². The third-order valence-electron chi connectivity index (χ3n) is 4.35. The van der Waals surface area contributed by atoms with Crippen LogP contribution in [0.1, 0.15) is 30.8 Å². The maximum atomic E-state index is 2.47. The Morgan fingerprint density at radius 1 is 0.652 bits per heavy atom. The van der Waals surface area contributed by atoms with Crippen molar-refractivity contribution < 1.29 is 4.57 Å². The van der Waals surface area contributed by atoms with Gasteiger partial charge in [-0.3, -0.25) is 0 Å². The van der Waals surface area contributed by atoms with Crippen LogP contribution in [0.2, 0.25) is 0 Å². The molecule has 0 aliphatic carbocycles. The molecular weight excluding hydrogens is 278 g/mol. The summed E-state index contributed by atoms with van der Waals surface area (Å²) in [5, 5.41) is 0. The lowest BCUT2D eigenvalue weighted by molar-refractivity contribution is -0.702. The van der Waals surface area contributed by atoms with E-state index in [0.29, 0.717) is 0 Å². The predicted molar refractivity (Wildman–Crippen MR) is 96.4 cm³/mol. The fourth-order valence-corrected chi connectivity index (χ4v) is 3.09. The lowest BCUT2D eigenvalue weighted by atomic mass is 10.0. The van der Waals surface area contributed by atoms with E-state index in [4.69, 9.17) is 0 Å². The smallest absolute Gasteiger partial charge is 0.182 e. The fourth-order valence-electron chi connectivity index (χ4n) is 3.09. The van der Waals surface area contributed by atoms with E-state index in [9.17, 15) is 0 Å². The van der Waals surface area contributed by atoms with E-state index in [0.717, 1.165) is 19.4 Å². The van der Waals surface area contributed by atoms with Crippen molar-refractivity contribution in [2.24, 2.45) is 0 Å². The van der Waals surface area contributed by atoms with E-state index >= 15 is 0 Å². The van der Waals surface area contributed by atoms with Crippen LogP contribution in [0.15, 0.2) is 72.8 Å². The number of nitrogens with zero attached hydrogens (tertiary/aromatic N) is 1. The molecule has 0 radical (unpaired) electrons. The third-order valence-corrected chi connectivity index (χ3v) is 4.35. The molecule has 1 heterocycles. The van der Waals surface area contributed by atoms with Gasteiger partial charge in [-0.25, -0.2) is 0 Å². The average Bonchev–Trinajstić information content (AvgIpc) is 2.63. The van der Waals surface area contributed by atoms with Crippen LogP contribution in [0.25, 0.3) is 11.1 Å². The summed E-state index contributed by atoms with van der Waals surface area (Å²) >= 11 is 0. The van der Waals surface area contributed by atoms with Crippen molar-refractivity contribution in [3.8, 4) is 11.1 Å². The van der Waals surface area contributed by atoms with Gasteiger partial charge in [0.25, 0.3) is 0 Å². The summed E-state index contributed by atoms with van der Waals surface area (Å²) in [6, 6.07) is 26.1. The minimum Gasteiger partial charge on any atom is -0.195 e. The Bertz CT molecular complexity index is 735. The molecule has 1 heteroatoms. The van der Waals surface area contributed by atoms with Crippen molar-refractivity contribution in [3.05, 3.63) is 89.7 Å². The highest BCUT2D eigenvalue weighted by molar-refractivity contribution is 5.63. The summed E-state index contributed by atoms with van der Waals surface area (Å²) in [6.07, 6.45) is 2.08. The zero-order valence-corrected chi connectivity index (χ0v) is 14.0. The van der Waals surface area contributed by atoms with Crippen molar-refractivity contribution in [1.29, 1.82) is 0 Å². The van der Waals surface area contributed by atoms with Crippen LogP contribution in [-0.4, -0.2) is 0 Å². The highest BCUT2D eigenvalue weighted by Gasteiger charge is 2.17. The van der Waals surface area contributed by atoms with Gasteiger partial charge >= 0.3 is 0 Å². The molecule has 1 aromatic heterocycles. The maximum Gasteiger partial charge on any atom is 0.182 e. The number of hydrogen-bond acceptors (Lipinski definition) is 0. The van der Waals surface area contributed by atoms with Gasteiger partial charge in [-0.05, 0) is 11.1 Å². The monoisotopic (exact) mass is 302 g/mol. The largest absolute Gasteiger partial charge is 0.195 e. The number of hydrogen-bond donors (Lipinski definition) is 0. The van der Waals surface area contributed by atoms with Gasteiger partial charge in [-0.2, -0.15) is 4.57 Å². The van der Waals surface area contributed by atoms with Gasteiger partial charge in [-0.15, -0.1) is 0 Å². The Morgan fingerprint density at radius 3 is 1.70 bits per heavy atom. The third kappa shape index (κ3) is 3.50. The minimum atomic E-state index is 0.947. The molecule has 0 amide bonds. The normalized spacial score (nSPS) is 10.7. The number of rotatable bonds is 5. The van der Waals surface area contributed by atoms with Gasteiger partial charge in [0.05, 0.1) is 0 Å². The molecule has 0 saturated carbocycles. The van der Waals surface area contributed by atoms with Gasteiger partial charge in [-0.1, -0.05) is 74.5 Å².